The van der Waals surface area contributed by atoms with Gasteiger partial charge in [-0.1, -0.05) is 0 Å². The third kappa shape index (κ3) is 8.18. The lowest BCUT2D eigenvalue weighted by Gasteiger charge is -2.29. The molecule has 0 fully saturated rings. The summed E-state index contributed by atoms with van der Waals surface area (Å²) in [7, 11) is -2.51. The Hall–Kier alpha value is 0.0169. The zero-order chi connectivity index (χ0) is 14.1. The molecular formula is C12H29NO4Si. The molecule has 0 rings (SSSR count). The summed E-state index contributed by atoms with van der Waals surface area (Å²) in [5.41, 5.74) is -0.840. The number of hydrogen-bond acceptors (Lipinski definition) is 5. The zero-order valence-corrected chi connectivity index (χ0v) is 13.4. The molecule has 0 heterocycles. The third-order valence-electron chi connectivity index (χ3n) is 2.31. The first kappa shape index (κ1) is 18.0. The van der Waals surface area contributed by atoms with Crippen molar-refractivity contribution in [3.63, 3.8) is 0 Å². The summed E-state index contributed by atoms with van der Waals surface area (Å²) in [5.74, 6) is 0. The predicted octanol–water partition coefficient (Wildman–Crippen LogP) is 1.74. The third-order valence-corrected chi connectivity index (χ3v) is 5.46. The van der Waals surface area contributed by atoms with Crippen molar-refractivity contribution >= 4 is 8.80 Å². The van der Waals surface area contributed by atoms with Crippen molar-refractivity contribution in [3.05, 3.63) is 0 Å². The van der Waals surface area contributed by atoms with Gasteiger partial charge in [0.15, 0.2) is 0 Å². The first-order chi connectivity index (χ1) is 8.39. The highest BCUT2D eigenvalue weighted by Gasteiger charge is 2.39. The molecular weight excluding hydrogens is 250 g/mol. The van der Waals surface area contributed by atoms with Crippen LogP contribution in [-0.4, -0.2) is 46.0 Å². The summed E-state index contributed by atoms with van der Waals surface area (Å²) in [5, 5.41) is 12.6. The van der Waals surface area contributed by atoms with Gasteiger partial charge >= 0.3 is 8.80 Å². The molecule has 6 heteroatoms. The maximum absolute atomic E-state index is 9.56. The van der Waals surface area contributed by atoms with E-state index in [-0.39, 0.29) is 0 Å². The van der Waals surface area contributed by atoms with Gasteiger partial charge in [-0.15, -0.1) is 0 Å². The van der Waals surface area contributed by atoms with Crippen LogP contribution < -0.4 is 5.32 Å². The zero-order valence-electron chi connectivity index (χ0n) is 12.4. The highest BCUT2D eigenvalue weighted by molar-refractivity contribution is 6.60. The minimum Gasteiger partial charge on any atom is -0.376 e. The number of hydrogen-bond donors (Lipinski definition) is 2. The summed E-state index contributed by atoms with van der Waals surface area (Å²) in [6.07, 6.45) is 0.857. The standard InChI is InChI=1S/C12H29NO4Si/c1-6-15-18(16-7-2,17-8-3)11-9-10-13-12(4,5)14/h13-14H,6-11H2,1-5H3. The van der Waals surface area contributed by atoms with E-state index in [4.69, 9.17) is 13.3 Å². The Morgan fingerprint density at radius 3 is 1.78 bits per heavy atom. The van der Waals surface area contributed by atoms with Gasteiger partial charge in [0.2, 0.25) is 0 Å². The van der Waals surface area contributed by atoms with E-state index >= 15 is 0 Å². The van der Waals surface area contributed by atoms with Gasteiger partial charge in [0.05, 0.1) is 0 Å². The average molecular weight is 279 g/mol. The van der Waals surface area contributed by atoms with Crippen LogP contribution in [-0.2, 0) is 13.3 Å². The highest BCUT2D eigenvalue weighted by atomic mass is 28.4. The van der Waals surface area contributed by atoms with Crippen LogP contribution >= 0.6 is 0 Å². The van der Waals surface area contributed by atoms with E-state index in [1.807, 2.05) is 20.8 Å². The number of nitrogens with one attached hydrogen (secondary N) is 1. The quantitative estimate of drug-likeness (QED) is 0.343. The van der Waals surface area contributed by atoms with Gasteiger partial charge in [0.25, 0.3) is 0 Å². The van der Waals surface area contributed by atoms with Crippen LogP contribution in [0.2, 0.25) is 6.04 Å². The second-order valence-corrected chi connectivity index (χ2v) is 7.30. The molecule has 2 N–H and O–H groups in total. The van der Waals surface area contributed by atoms with Crippen molar-refractivity contribution in [1.29, 1.82) is 0 Å². The second-order valence-electron chi connectivity index (χ2n) is 4.57. The van der Waals surface area contributed by atoms with Gasteiger partial charge in [-0.3, -0.25) is 5.32 Å². The second kappa shape index (κ2) is 9.01. The molecule has 0 amide bonds. The summed E-state index contributed by atoms with van der Waals surface area (Å²) >= 11 is 0. The fourth-order valence-electron chi connectivity index (χ4n) is 1.70. The maximum atomic E-state index is 9.56. The van der Waals surface area contributed by atoms with Crippen molar-refractivity contribution in [1.82, 2.24) is 5.32 Å². The fourth-order valence-corrected chi connectivity index (χ4v) is 4.31. The first-order valence-corrected chi connectivity index (χ1v) is 8.71. The van der Waals surface area contributed by atoms with Crippen LogP contribution in [0.15, 0.2) is 0 Å². The number of rotatable bonds is 11. The molecule has 0 aromatic rings. The summed E-state index contributed by atoms with van der Waals surface area (Å²) in [4.78, 5) is 0. The molecule has 0 aliphatic rings. The molecule has 18 heavy (non-hydrogen) atoms. The Kier molecular flexibility index (Phi) is 9.01. The van der Waals surface area contributed by atoms with Gasteiger partial charge < -0.3 is 18.4 Å². The molecule has 0 aliphatic heterocycles. The molecule has 110 valence electrons. The monoisotopic (exact) mass is 279 g/mol. The lowest BCUT2D eigenvalue weighted by Crippen LogP contribution is -2.47. The van der Waals surface area contributed by atoms with Crippen molar-refractivity contribution in [2.45, 2.75) is 52.8 Å². The molecule has 0 aromatic heterocycles. The smallest absolute Gasteiger partial charge is 0.376 e. The van der Waals surface area contributed by atoms with Crippen molar-refractivity contribution in [2.75, 3.05) is 26.4 Å². The lowest BCUT2D eigenvalue weighted by atomic mass is 10.3. The Balaban J connectivity index is 4.21. The van der Waals surface area contributed by atoms with Crippen LogP contribution in [0.1, 0.15) is 41.0 Å². The van der Waals surface area contributed by atoms with Crippen molar-refractivity contribution < 1.29 is 18.4 Å². The molecule has 0 spiro atoms. The lowest BCUT2D eigenvalue weighted by molar-refractivity contribution is 0.0419. The van der Waals surface area contributed by atoms with Gasteiger partial charge in [0, 0.05) is 25.9 Å². The Morgan fingerprint density at radius 1 is 1.00 bits per heavy atom. The van der Waals surface area contributed by atoms with Crippen LogP contribution in [0.4, 0.5) is 0 Å². The Labute approximate surface area is 112 Å². The molecule has 0 atom stereocenters. The van der Waals surface area contributed by atoms with E-state index in [2.05, 4.69) is 5.32 Å². The molecule has 0 unspecified atom stereocenters. The Bertz CT molecular complexity index is 192. The predicted molar refractivity (Wildman–Crippen MR) is 74.4 cm³/mol. The SMILES string of the molecule is CCO[Si](CCCNC(C)(C)O)(OCC)OCC. The number of aliphatic hydroxyl groups is 1. The molecule has 0 saturated carbocycles. The van der Waals surface area contributed by atoms with E-state index < -0.39 is 14.5 Å². The fraction of sp³-hybridized carbons (Fsp3) is 1.00. The van der Waals surface area contributed by atoms with Crippen LogP contribution in [0.5, 0.6) is 0 Å². The van der Waals surface area contributed by atoms with Gasteiger partial charge in [0.1, 0.15) is 5.72 Å². The maximum Gasteiger partial charge on any atom is 0.500 e. The normalized spacial score (nSPS) is 13.0. The van der Waals surface area contributed by atoms with E-state index in [0.29, 0.717) is 26.4 Å². The summed E-state index contributed by atoms with van der Waals surface area (Å²) < 4.78 is 17.2. The van der Waals surface area contributed by atoms with E-state index in [1.54, 1.807) is 13.8 Å². The first-order valence-electron chi connectivity index (χ1n) is 6.78. The minimum absolute atomic E-state index is 0.602. The highest BCUT2D eigenvalue weighted by Crippen LogP contribution is 2.18. The van der Waals surface area contributed by atoms with Crippen LogP contribution in [0.3, 0.4) is 0 Å². The molecule has 0 aliphatic carbocycles. The molecule has 0 radical (unpaired) electrons. The van der Waals surface area contributed by atoms with Gasteiger partial charge in [-0.25, -0.2) is 0 Å². The van der Waals surface area contributed by atoms with E-state index in [1.165, 1.54) is 0 Å². The Morgan fingerprint density at radius 2 is 1.44 bits per heavy atom. The molecule has 0 bridgehead atoms. The van der Waals surface area contributed by atoms with Gasteiger partial charge in [-0.2, -0.15) is 0 Å². The van der Waals surface area contributed by atoms with Gasteiger partial charge in [-0.05, 0) is 47.6 Å². The minimum atomic E-state index is -2.51. The summed E-state index contributed by atoms with van der Waals surface area (Å²) in [6.45, 7) is 11.8. The summed E-state index contributed by atoms with van der Waals surface area (Å²) in [6, 6.07) is 0.769. The van der Waals surface area contributed by atoms with E-state index in [0.717, 1.165) is 12.5 Å². The molecule has 0 aromatic carbocycles. The van der Waals surface area contributed by atoms with Crippen LogP contribution in [0.25, 0.3) is 0 Å². The van der Waals surface area contributed by atoms with Crippen LogP contribution in [0, 0.1) is 0 Å². The average Bonchev–Trinajstić information content (AvgIpc) is 2.24. The molecule has 0 saturated heterocycles. The molecule has 5 nitrogen and oxygen atoms in total. The largest absolute Gasteiger partial charge is 0.500 e. The van der Waals surface area contributed by atoms with Crippen molar-refractivity contribution in [2.24, 2.45) is 0 Å². The van der Waals surface area contributed by atoms with Crippen molar-refractivity contribution in [3.8, 4) is 0 Å². The van der Waals surface area contributed by atoms with E-state index in [9.17, 15) is 5.11 Å². The topological polar surface area (TPSA) is 60.0 Å².